The van der Waals surface area contributed by atoms with Crippen molar-refractivity contribution in [2.24, 2.45) is 17.8 Å². The predicted molar refractivity (Wildman–Crippen MR) is 120 cm³/mol. The highest BCUT2D eigenvalue weighted by atomic mass is 15.2. The topological polar surface area (TPSA) is 6.48 Å². The highest BCUT2D eigenvalue weighted by Crippen LogP contribution is 2.33. The third-order valence-electron chi connectivity index (χ3n) is 6.93. The van der Waals surface area contributed by atoms with Gasteiger partial charge in [-0.3, -0.25) is 4.90 Å². The molecule has 2 aliphatic rings. The van der Waals surface area contributed by atoms with Gasteiger partial charge in [0.15, 0.2) is 0 Å². The molecule has 2 fully saturated rings. The van der Waals surface area contributed by atoms with Crippen LogP contribution in [0, 0.1) is 17.8 Å². The zero-order valence-electron chi connectivity index (χ0n) is 18.9. The average molecular weight is 373 g/mol. The molecule has 2 heteroatoms. The number of allylic oxidation sites excluding steroid dienone is 5. The highest BCUT2D eigenvalue weighted by Gasteiger charge is 2.31. The lowest BCUT2D eigenvalue weighted by Crippen LogP contribution is -2.44. The number of nitrogens with zero attached hydrogens (tertiary/aromatic N) is 2. The Morgan fingerprint density at radius 1 is 1.00 bits per heavy atom. The van der Waals surface area contributed by atoms with Crippen molar-refractivity contribution in [1.29, 1.82) is 0 Å². The molecule has 0 aromatic rings. The molecule has 0 radical (unpaired) electrons. The molecule has 1 saturated carbocycles. The molecule has 0 aromatic carbocycles. The van der Waals surface area contributed by atoms with E-state index in [1.165, 1.54) is 57.4 Å². The van der Waals surface area contributed by atoms with Crippen LogP contribution in [0.15, 0.2) is 35.5 Å². The summed E-state index contributed by atoms with van der Waals surface area (Å²) in [5.74, 6) is 2.41. The van der Waals surface area contributed by atoms with Crippen molar-refractivity contribution >= 4 is 0 Å². The third-order valence-corrected chi connectivity index (χ3v) is 6.93. The van der Waals surface area contributed by atoms with Crippen LogP contribution in [0.25, 0.3) is 0 Å². The van der Waals surface area contributed by atoms with Gasteiger partial charge in [0.25, 0.3) is 0 Å². The standard InChI is InChI=1S/C25H44N2/c1-7-8-9-10-11-20(2)22(4)25-15-17-26(6)16-14-21(3)23(5)27(19-25)18-24-12-13-24/h8-11,21,23-25H,7,12-19H2,1-6H3/b9-8+,11-10-,22-20+. The van der Waals surface area contributed by atoms with E-state index in [-0.39, 0.29) is 0 Å². The first-order valence-corrected chi connectivity index (χ1v) is 11.4. The Bertz CT molecular complexity index is 526. The Hall–Kier alpha value is -0.860. The van der Waals surface area contributed by atoms with Crippen LogP contribution in [0.5, 0.6) is 0 Å². The molecule has 0 N–H and O–H groups in total. The van der Waals surface area contributed by atoms with E-state index in [0.29, 0.717) is 12.0 Å². The third kappa shape index (κ3) is 7.58. The van der Waals surface area contributed by atoms with Crippen LogP contribution in [-0.2, 0) is 0 Å². The molecular formula is C25H44N2. The van der Waals surface area contributed by atoms with Crippen molar-refractivity contribution in [2.45, 2.75) is 72.8 Å². The van der Waals surface area contributed by atoms with Crippen molar-refractivity contribution in [1.82, 2.24) is 9.80 Å². The van der Waals surface area contributed by atoms with E-state index in [4.69, 9.17) is 0 Å². The smallest absolute Gasteiger partial charge is 0.00933 e. The minimum atomic E-state index is 0.666. The molecule has 1 saturated heterocycles. The van der Waals surface area contributed by atoms with Gasteiger partial charge in [-0.1, -0.05) is 49.3 Å². The van der Waals surface area contributed by atoms with Crippen molar-refractivity contribution in [3.05, 3.63) is 35.5 Å². The summed E-state index contributed by atoms with van der Waals surface area (Å²) in [6.45, 7) is 16.8. The van der Waals surface area contributed by atoms with Crippen LogP contribution in [0.2, 0.25) is 0 Å². The summed E-state index contributed by atoms with van der Waals surface area (Å²) in [6, 6.07) is 0.690. The zero-order valence-corrected chi connectivity index (χ0v) is 18.9. The Balaban J connectivity index is 2.18. The fourth-order valence-corrected chi connectivity index (χ4v) is 4.15. The lowest BCUT2D eigenvalue weighted by molar-refractivity contribution is 0.112. The molecule has 3 atom stereocenters. The summed E-state index contributed by atoms with van der Waals surface area (Å²) in [7, 11) is 2.30. The summed E-state index contributed by atoms with van der Waals surface area (Å²) < 4.78 is 0. The fourth-order valence-electron chi connectivity index (χ4n) is 4.15. The SMILES string of the molecule is CC/C=C/C=C\C(C)=C(/C)C1CCN(C)CCC(C)C(C)N(CC2CC2)C1. The molecule has 2 nitrogen and oxygen atoms in total. The largest absolute Gasteiger partial charge is 0.306 e. The monoisotopic (exact) mass is 372 g/mol. The lowest BCUT2D eigenvalue weighted by atomic mass is 9.89. The molecular weight excluding hydrogens is 328 g/mol. The average Bonchev–Trinajstić information content (AvgIpc) is 3.47. The van der Waals surface area contributed by atoms with Crippen LogP contribution < -0.4 is 0 Å². The van der Waals surface area contributed by atoms with Gasteiger partial charge in [0, 0.05) is 19.1 Å². The fraction of sp³-hybridized carbons (Fsp3) is 0.760. The van der Waals surface area contributed by atoms with Gasteiger partial charge in [-0.2, -0.15) is 0 Å². The second-order valence-corrected chi connectivity index (χ2v) is 9.25. The maximum atomic E-state index is 2.84. The van der Waals surface area contributed by atoms with Crippen LogP contribution >= 0.6 is 0 Å². The van der Waals surface area contributed by atoms with E-state index in [9.17, 15) is 0 Å². The Morgan fingerprint density at radius 3 is 2.37 bits per heavy atom. The summed E-state index contributed by atoms with van der Waals surface area (Å²) >= 11 is 0. The van der Waals surface area contributed by atoms with Crippen LogP contribution in [0.1, 0.15) is 66.7 Å². The van der Waals surface area contributed by atoms with E-state index in [2.05, 4.69) is 75.8 Å². The van der Waals surface area contributed by atoms with Gasteiger partial charge in [0.2, 0.25) is 0 Å². The van der Waals surface area contributed by atoms with Gasteiger partial charge >= 0.3 is 0 Å². The maximum absolute atomic E-state index is 2.84. The molecule has 2 rings (SSSR count). The number of rotatable bonds is 6. The maximum Gasteiger partial charge on any atom is 0.00933 e. The molecule has 1 aliphatic carbocycles. The van der Waals surface area contributed by atoms with E-state index < -0.39 is 0 Å². The van der Waals surface area contributed by atoms with Gasteiger partial charge in [0.05, 0.1) is 0 Å². The molecule has 1 aliphatic heterocycles. The second-order valence-electron chi connectivity index (χ2n) is 9.25. The molecule has 3 unspecified atom stereocenters. The van der Waals surface area contributed by atoms with Crippen molar-refractivity contribution < 1.29 is 0 Å². The highest BCUT2D eigenvalue weighted by molar-refractivity contribution is 5.27. The van der Waals surface area contributed by atoms with E-state index >= 15 is 0 Å². The van der Waals surface area contributed by atoms with Crippen LogP contribution in [0.3, 0.4) is 0 Å². The van der Waals surface area contributed by atoms with Gasteiger partial charge < -0.3 is 4.90 Å². The van der Waals surface area contributed by atoms with E-state index in [1.54, 1.807) is 5.57 Å². The number of hydrogen-bond donors (Lipinski definition) is 0. The normalized spacial score (nSPS) is 30.8. The van der Waals surface area contributed by atoms with Gasteiger partial charge in [-0.15, -0.1) is 0 Å². The minimum absolute atomic E-state index is 0.666. The van der Waals surface area contributed by atoms with Crippen LogP contribution in [-0.4, -0.2) is 49.1 Å². The summed E-state index contributed by atoms with van der Waals surface area (Å²) in [6.07, 6.45) is 15.5. The number of hydrogen-bond acceptors (Lipinski definition) is 2. The Labute approximate surface area is 169 Å². The molecule has 0 amide bonds. The minimum Gasteiger partial charge on any atom is -0.306 e. The molecule has 154 valence electrons. The van der Waals surface area contributed by atoms with Crippen molar-refractivity contribution in [3.63, 3.8) is 0 Å². The molecule has 0 aromatic heterocycles. The summed E-state index contributed by atoms with van der Waals surface area (Å²) in [5.41, 5.74) is 3.04. The molecule has 0 bridgehead atoms. The van der Waals surface area contributed by atoms with Crippen LogP contribution in [0.4, 0.5) is 0 Å². The second kappa shape index (κ2) is 11.2. The van der Waals surface area contributed by atoms with E-state index in [0.717, 1.165) is 18.3 Å². The van der Waals surface area contributed by atoms with E-state index in [1.807, 2.05) is 0 Å². The first-order valence-electron chi connectivity index (χ1n) is 11.4. The zero-order chi connectivity index (χ0) is 19.8. The molecule has 27 heavy (non-hydrogen) atoms. The first kappa shape index (κ1) is 22.4. The summed E-state index contributed by atoms with van der Waals surface area (Å²) in [4.78, 5) is 5.39. The lowest BCUT2D eigenvalue weighted by Gasteiger charge is -2.39. The molecule has 1 heterocycles. The van der Waals surface area contributed by atoms with Gasteiger partial charge in [-0.25, -0.2) is 0 Å². The van der Waals surface area contributed by atoms with Crippen molar-refractivity contribution in [3.8, 4) is 0 Å². The quantitative estimate of drug-likeness (QED) is 0.534. The van der Waals surface area contributed by atoms with Gasteiger partial charge in [-0.05, 0) is 90.8 Å². The van der Waals surface area contributed by atoms with Crippen molar-refractivity contribution in [2.75, 3.05) is 33.2 Å². The summed E-state index contributed by atoms with van der Waals surface area (Å²) in [5, 5.41) is 0. The first-order chi connectivity index (χ1) is 12.9. The molecule has 0 spiro atoms. The Morgan fingerprint density at radius 2 is 1.70 bits per heavy atom. The Kier molecular flexibility index (Phi) is 9.32. The predicted octanol–water partition coefficient (Wildman–Crippen LogP) is 5.92. The van der Waals surface area contributed by atoms with Gasteiger partial charge in [0.1, 0.15) is 0 Å².